The first-order valence-electron chi connectivity index (χ1n) is 8.50. The summed E-state index contributed by atoms with van der Waals surface area (Å²) >= 11 is 0. The Hall–Kier alpha value is -3.08. The first-order valence-corrected chi connectivity index (χ1v) is 8.50. The van der Waals surface area contributed by atoms with E-state index in [4.69, 9.17) is 0 Å². The molecule has 0 atom stereocenters. The van der Waals surface area contributed by atoms with Crippen LogP contribution in [0.3, 0.4) is 0 Å². The molecule has 1 aliphatic rings. The van der Waals surface area contributed by atoms with E-state index in [2.05, 4.69) is 27.3 Å². The van der Waals surface area contributed by atoms with Gasteiger partial charge in [0.05, 0.1) is 5.69 Å². The minimum atomic E-state index is -0.0364. The standard InChI is InChI=1S/C20H20N4O/c25-20(22-19-7-3-5-16-4-1-2-6-18(16)19)24-14-12-23(13-15-24)17-8-10-21-11-9-17/h1-11H,12-15H2,(H,22,25). The highest BCUT2D eigenvalue weighted by molar-refractivity contribution is 6.01. The summed E-state index contributed by atoms with van der Waals surface area (Å²) in [4.78, 5) is 20.9. The molecule has 2 aromatic carbocycles. The number of urea groups is 1. The number of nitrogens with one attached hydrogen (secondary N) is 1. The van der Waals surface area contributed by atoms with Gasteiger partial charge in [0, 0.05) is 49.6 Å². The van der Waals surface area contributed by atoms with Crippen molar-refractivity contribution in [3.63, 3.8) is 0 Å². The van der Waals surface area contributed by atoms with Crippen molar-refractivity contribution in [2.24, 2.45) is 0 Å². The summed E-state index contributed by atoms with van der Waals surface area (Å²) < 4.78 is 0. The first-order chi connectivity index (χ1) is 12.3. The van der Waals surface area contributed by atoms with Crippen LogP contribution in [0, 0.1) is 0 Å². The van der Waals surface area contributed by atoms with Crippen LogP contribution in [0.1, 0.15) is 0 Å². The molecule has 1 N–H and O–H groups in total. The smallest absolute Gasteiger partial charge is 0.321 e. The third kappa shape index (κ3) is 3.26. The van der Waals surface area contributed by atoms with Gasteiger partial charge in [-0.15, -0.1) is 0 Å². The number of carbonyl (C=O) groups excluding carboxylic acids is 1. The lowest BCUT2D eigenvalue weighted by Gasteiger charge is -2.36. The fraction of sp³-hybridized carbons (Fsp3) is 0.200. The van der Waals surface area contributed by atoms with Crippen molar-refractivity contribution in [3.8, 4) is 0 Å². The molecule has 0 spiro atoms. The summed E-state index contributed by atoms with van der Waals surface area (Å²) in [5, 5.41) is 5.26. The largest absolute Gasteiger partial charge is 0.368 e. The molecule has 4 rings (SSSR count). The first kappa shape index (κ1) is 15.4. The predicted molar refractivity (Wildman–Crippen MR) is 101 cm³/mol. The molecule has 0 radical (unpaired) electrons. The number of carbonyl (C=O) groups is 1. The summed E-state index contributed by atoms with van der Waals surface area (Å²) in [6, 6.07) is 18.0. The zero-order valence-electron chi connectivity index (χ0n) is 13.9. The van der Waals surface area contributed by atoms with Crippen molar-refractivity contribution in [1.82, 2.24) is 9.88 Å². The van der Waals surface area contributed by atoms with Gasteiger partial charge in [0.15, 0.2) is 0 Å². The number of amides is 2. The fourth-order valence-electron chi connectivity index (χ4n) is 3.25. The van der Waals surface area contributed by atoms with Crippen molar-refractivity contribution >= 4 is 28.2 Å². The Kier molecular flexibility index (Phi) is 4.21. The Labute approximate surface area is 146 Å². The van der Waals surface area contributed by atoms with E-state index < -0.39 is 0 Å². The second kappa shape index (κ2) is 6.81. The van der Waals surface area contributed by atoms with Crippen LogP contribution in [0.2, 0.25) is 0 Å². The molecule has 126 valence electrons. The van der Waals surface area contributed by atoms with Crippen molar-refractivity contribution in [2.45, 2.75) is 0 Å². The Morgan fingerprint density at radius 2 is 1.60 bits per heavy atom. The van der Waals surface area contributed by atoms with Crippen LogP contribution in [0.15, 0.2) is 67.0 Å². The van der Waals surface area contributed by atoms with Gasteiger partial charge >= 0.3 is 6.03 Å². The SMILES string of the molecule is O=C(Nc1cccc2ccccc12)N1CCN(c2ccncc2)CC1. The number of piperazine rings is 1. The Balaban J connectivity index is 1.42. The normalized spacial score (nSPS) is 14.6. The number of benzene rings is 2. The van der Waals surface area contributed by atoms with E-state index in [0.29, 0.717) is 13.1 Å². The molecule has 1 saturated heterocycles. The lowest BCUT2D eigenvalue weighted by molar-refractivity contribution is 0.208. The average molecular weight is 332 g/mol. The maximum absolute atomic E-state index is 12.6. The molecule has 1 aromatic heterocycles. The van der Waals surface area contributed by atoms with Gasteiger partial charge in [0.2, 0.25) is 0 Å². The van der Waals surface area contributed by atoms with Crippen molar-refractivity contribution in [1.29, 1.82) is 0 Å². The van der Waals surface area contributed by atoms with Crippen LogP contribution < -0.4 is 10.2 Å². The molecule has 0 unspecified atom stereocenters. The number of rotatable bonds is 2. The number of fused-ring (bicyclic) bond motifs is 1. The van der Waals surface area contributed by atoms with E-state index in [0.717, 1.165) is 35.2 Å². The quantitative estimate of drug-likeness (QED) is 0.780. The van der Waals surface area contributed by atoms with Crippen molar-refractivity contribution in [2.75, 3.05) is 36.4 Å². The summed E-state index contributed by atoms with van der Waals surface area (Å²) in [7, 11) is 0. The van der Waals surface area contributed by atoms with Gasteiger partial charge in [-0.05, 0) is 23.6 Å². The van der Waals surface area contributed by atoms with Gasteiger partial charge in [-0.2, -0.15) is 0 Å². The molecule has 0 bridgehead atoms. The number of aromatic nitrogens is 1. The fourth-order valence-corrected chi connectivity index (χ4v) is 3.25. The predicted octanol–water partition coefficient (Wildman–Crippen LogP) is 3.59. The van der Waals surface area contributed by atoms with E-state index in [1.807, 2.05) is 47.4 Å². The average Bonchev–Trinajstić information content (AvgIpc) is 2.69. The van der Waals surface area contributed by atoms with Crippen molar-refractivity contribution in [3.05, 3.63) is 67.0 Å². The van der Waals surface area contributed by atoms with Crippen LogP contribution in [-0.2, 0) is 0 Å². The second-order valence-corrected chi connectivity index (χ2v) is 6.14. The highest BCUT2D eigenvalue weighted by Crippen LogP contribution is 2.23. The van der Waals surface area contributed by atoms with Gasteiger partial charge in [0.25, 0.3) is 0 Å². The number of hydrogen-bond acceptors (Lipinski definition) is 3. The molecule has 1 aliphatic heterocycles. The third-order valence-electron chi connectivity index (χ3n) is 4.63. The van der Waals surface area contributed by atoms with Gasteiger partial charge in [-0.3, -0.25) is 4.98 Å². The topological polar surface area (TPSA) is 48.5 Å². The van der Waals surface area contributed by atoms with Crippen LogP contribution in [0.4, 0.5) is 16.2 Å². The maximum atomic E-state index is 12.6. The zero-order valence-corrected chi connectivity index (χ0v) is 13.9. The minimum Gasteiger partial charge on any atom is -0.368 e. The molecule has 2 amide bonds. The number of hydrogen-bond donors (Lipinski definition) is 1. The Morgan fingerprint density at radius 1 is 0.880 bits per heavy atom. The van der Waals surface area contributed by atoms with E-state index in [1.54, 1.807) is 12.4 Å². The molecule has 3 aromatic rings. The van der Waals surface area contributed by atoms with E-state index in [9.17, 15) is 4.79 Å². The molecule has 0 aliphatic carbocycles. The van der Waals surface area contributed by atoms with Crippen molar-refractivity contribution < 1.29 is 4.79 Å². The van der Waals surface area contributed by atoms with Crippen LogP contribution in [0.25, 0.3) is 10.8 Å². The summed E-state index contributed by atoms with van der Waals surface area (Å²) in [6.45, 7) is 3.07. The van der Waals surface area contributed by atoms with Gasteiger partial charge < -0.3 is 15.1 Å². The highest BCUT2D eigenvalue weighted by Gasteiger charge is 2.21. The minimum absolute atomic E-state index is 0.0364. The summed E-state index contributed by atoms with van der Waals surface area (Å²) in [6.07, 6.45) is 3.60. The van der Waals surface area contributed by atoms with E-state index in [1.165, 1.54) is 0 Å². The van der Waals surface area contributed by atoms with E-state index in [-0.39, 0.29) is 6.03 Å². The number of anilines is 2. The molecule has 5 nitrogen and oxygen atoms in total. The second-order valence-electron chi connectivity index (χ2n) is 6.14. The summed E-state index contributed by atoms with van der Waals surface area (Å²) in [5.74, 6) is 0. The molecule has 1 fully saturated rings. The van der Waals surface area contributed by atoms with Crippen LogP contribution in [-0.4, -0.2) is 42.1 Å². The molecular weight excluding hydrogens is 312 g/mol. The number of pyridine rings is 1. The van der Waals surface area contributed by atoms with Gasteiger partial charge in [-0.1, -0.05) is 36.4 Å². The van der Waals surface area contributed by atoms with Crippen LogP contribution in [0.5, 0.6) is 0 Å². The lowest BCUT2D eigenvalue weighted by Crippen LogP contribution is -2.50. The van der Waals surface area contributed by atoms with E-state index >= 15 is 0 Å². The van der Waals surface area contributed by atoms with Gasteiger partial charge in [0.1, 0.15) is 0 Å². The summed E-state index contributed by atoms with van der Waals surface area (Å²) in [5.41, 5.74) is 2.02. The highest BCUT2D eigenvalue weighted by atomic mass is 16.2. The third-order valence-corrected chi connectivity index (χ3v) is 4.63. The van der Waals surface area contributed by atoms with Gasteiger partial charge in [-0.25, -0.2) is 4.79 Å². The number of nitrogens with zero attached hydrogens (tertiary/aromatic N) is 3. The molecule has 25 heavy (non-hydrogen) atoms. The Bertz CT molecular complexity index is 868. The zero-order chi connectivity index (χ0) is 17.1. The maximum Gasteiger partial charge on any atom is 0.321 e. The molecule has 5 heteroatoms. The monoisotopic (exact) mass is 332 g/mol. The molecule has 0 saturated carbocycles. The Morgan fingerprint density at radius 3 is 2.40 bits per heavy atom. The lowest BCUT2D eigenvalue weighted by atomic mass is 10.1. The molecular formula is C20H20N4O. The molecule has 2 heterocycles. The van der Waals surface area contributed by atoms with Crippen LogP contribution >= 0.6 is 0 Å².